The van der Waals surface area contributed by atoms with Gasteiger partial charge in [-0.05, 0) is 37.8 Å². The third-order valence-corrected chi connectivity index (χ3v) is 5.68. The Kier molecular flexibility index (Phi) is 4.34. The van der Waals surface area contributed by atoms with Gasteiger partial charge in [0.25, 0.3) is 0 Å². The quantitative estimate of drug-likeness (QED) is 0.845. The zero-order valence-corrected chi connectivity index (χ0v) is 12.9. The molecule has 0 spiro atoms. The molecule has 1 N–H and O–H groups in total. The van der Waals surface area contributed by atoms with Gasteiger partial charge in [0, 0.05) is 22.9 Å². The van der Waals surface area contributed by atoms with Gasteiger partial charge in [0.2, 0.25) is 0 Å². The molecule has 0 radical (unpaired) electrons. The summed E-state index contributed by atoms with van der Waals surface area (Å²) in [4.78, 5) is 0. The average Bonchev–Trinajstić information content (AvgIpc) is 2.49. The van der Waals surface area contributed by atoms with Crippen LogP contribution in [0.4, 0.5) is 0 Å². The fourth-order valence-electron chi connectivity index (χ4n) is 4.48. The van der Waals surface area contributed by atoms with Crippen molar-refractivity contribution in [2.24, 2.45) is 5.92 Å². The summed E-state index contributed by atoms with van der Waals surface area (Å²) in [6.45, 7) is 4.04. The molecule has 0 aliphatic carbocycles. The molecule has 2 aliphatic rings. The first-order valence-corrected chi connectivity index (χ1v) is 8.32. The van der Waals surface area contributed by atoms with Crippen molar-refractivity contribution in [3.63, 3.8) is 0 Å². The summed E-state index contributed by atoms with van der Waals surface area (Å²) in [5.74, 6) is 0.511. The van der Waals surface area contributed by atoms with E-state index in [1.165, 1.54) is 55.2 Å². The fraction of sp³-hybridized carbons (Fsp3) is 0.647. The third-order valence-electron chi connectivity index (χ3n) is 5.42. The van der Waals surface area contributed by atoms with Gasteiger partial charge in [0.1, 0.15) is 6.54 Å². The maximum Gasteiger partial charge on any atom is 0.105 e. The van der Waals surface area contributed by atoms with Gasteiger partial charge >= 0.3 is 0 Å². The first kappa shape index (κ1) is 14.4. The van der Waals surface area contributed by atoms with Crippen molar-refractivity contribution in [2.45, 2.75) is 44.7 Å². The highest BCUT2D eigenvalue weighted by atomic mass is 35.5. The molecule has 2 aliphatic heterocycles. The van der Waals surface area contributed by atoms with E-state index in [4.69, 9.17) is 11.6 Å². The molecule has 0 saturated carbocycles. The van der Waals surface area contributed by atoms with Crippen molar-refractivity contribution in [2.75, 3.05) is 19.7 Å². The molecule has 1 aromatic carbocycles. The van der Waals surface area contributed by atoms with Gasteiger partial charge in [0.15, 0.2) is 0 Å². The highest BCUT2D eigenvalue weighted by Crippen LogP contribution is 2.39. The SMILES string of the molecule is OC[C@@H]1CCC[N+]2(Cc3ccc(Cl)cc3)CCCC[C@@H]12. The van der Waals surface area contributed by atoms with Crippen molar-refractivity contribution in [1.82, 2.24) is 0 Å². The van der Waals surface area contributed by atoms with Crippen LogP contribution in [-0.2, 0) is 6.54 Å². The second-order valence-corrected chi connectivity index (χ2v) is 7.03. The van der Waals surface area contributed by atoms with Crippen LogP contribution < -0.4 is 0 Å². The highest BCUT2D eigenvalue weighted by Gasteiger charge is 2.45. The number of piperidine rings is 2. The van der Waals surface area contributed by atoms with Gasteiger partial charge < -0.3 is 9.59 Å². The maximum absolute atomic E-state index is 9.72. The molecule has 3 heteroatoms. The first-order valence-electron chi connectivity index (χ1n) is 7.95. The van der Waals surface area contributed by atoms with Gasteiger partial charge in [0.05, 0.1) is 25.7 Å². The molecule has 3 rings (SSSR count). The maximum atomic E-state index is 9.72. The number of hydrogen-bond acceptors (Lipinski definition) is 1. The monoisotopic (exact) mass is 294 g/mol. The number of rotatable bonds is 3. The summed E-state index contributed by atoms with van der Waals surface area (Å²) in [7, 11) is 0. The minimum Gasteiger partial charge on any atom is -0.396 e. The van der Waals surface area contributed by atoms with Gasteiger partial charge in [-0.15, -0.1) is 0 Å². The highest BCUT2D eigenvalue weighted by molar-refractivity contribution is 6.30. The average molecular weight is 295 g/mol. The van der Waals surface area contributed by atoms with Crippen LogP contribution in [-0.4, -0.2) is 35.3 Å². The van der Waals surface area contributed by atoms with Crippen molar-refractivity contribution < 1.29 is 9.59 Å². The normalized spacial score (nSPS) is 33.7. The second kappa shape index (κ2) is 6.05. The lowest BCUT2D eigenvalue weighted by Crippen LogP contribution is -2.63. The van der Waals surface area contributed by atoms with Crippen LogP contribution in [0.2, 0.25) is 5.02 Å². The predicted octanol–water partition coefficient (Wildman–Crippen LogP) is 3.61. The standard InChI is InChI=1S/C17H25ClNO/c18-16-8-6-14(7-9-16)12-19-10-2-1-5-17(19)15(13-20)4-3-11-19/h6-9,15,17,20H,1-5,10-13H2/q+1/t15-,17-,19?/m0/s1. The van der Waals surface area contributed by atoms with Gasteiger partial charge in [-0.3, -0.25) is 0 Å². The first-order chi connectivity index (χ1) is 9.73. The van der Waals surface area contributed by atoms with E-state index in [-0.39, 0.29) is 0 Å². The molecule has 20 heavy (non-hydrogen) atoms. The number of halogens is 1. The number of fused-ring (bicyclic) bond motifs is 1. The van der Waals surface area contributed by atoms with Crippen LogP contribution in [0.25, 0.3) is 0 Å². The van der Waals surface area contributed by atoms with Crippen LogP contribution >= 0.6 is 11.6 Å². The zero-order valence-electron chi connectivity index (χ0n) is 12.1. The van der Waals surface area contributed by atoms with Crippen LogP contribution in [0.15, 0.2) is 24.3 Å². The molecule has 3 atom stereocenters. The number of aliphatic hydroxyl groups is 1. The summed E-state index contributed by atoms with van der Waals surface area (Å²) in [6.07, 6.45) is 6.43. The van der Waals surface area contributed by atoms with Gasteiger partial charge in [-0.25, -0.2) is 0 Å². The second-order valence-electron chi connectivity index (χ2n) is 6.60. The van der Waals surface area contributed by atoms with Crippen LogP contribution in [0.5, 0.6) is 0 Å². The lowest BCUT2D eigenvalue weighted by molar-refractivity contribution is -0.976. The van der Waals surface area contributed by atoms with Gasteiger partial charge in [-0.1, -0.05) is 23.7 Å². The van der Waals surface area contributed by atoms with E-state index in [1.54, 1.807) is 0 Å². The van der Waals surface area contributed by atoms with E-state index >= 15 is 0 Å². The lowest BCUT2D eigenvalue weighted by atomic mass is 9.81. The lowest BCUT2D eigenvalue weighted by Gasteiger charge is -2.53. The Morgan fingerprint density at radius 2 is 1.80 bits per heavy atom. The summed E-state index contributed by atoms with van der Waals surface area (Å²) in [6, 6.07) is 9.01. The number of hydrogen-bond donors (Lipinski definition) is 1. The molecule has 2 nitrogen and oxygen atoms in total. The number of quaternary nitrogens is 1. The zero-order chi connectivity index (χ0) is 14.0. The van der Waals surface area contributed by atoms with E-state index in [0.717, 1.165) is 11.6 Å². The Hall–Kier alpha value is -0.570. The number of benzene rings is 1. The van der Waals surface area contributed by atoms with E-state index in [9.17, 15) is 5.11 Å². The topological polar surface area (TPSA) is 20.2 Å². The Morgan fingerprint density at radius 1 is 1.05 bits per heavy atom. The van der Waals surface area contributed by atoms with Crippen LogP contribution in [0.3, 0.4) is 0 Å². The number of nitrogens with zero attached hydrogens (tertiary/aromatic N) is 1. The Morgan fingerprint density at radius 3 is 2.55 bits per heavy atom. The fourth-order valence-corrected chi connectivity index (χ4v) is 4.61. The van der Waals surface area contributed by atoms with E-state index < -0.39 is 0 Å². The van der Waals surface area contributed by atoms with E-state index in [2.05, 4.69) is 12.1 Å². The molecule has 2 fully saturated rings. The Labute approximate surface area is 127 Å². The predicted molar refractivity (Wildman–Crippen MR) is 82.6 cm³/mol. The largest absolute Gasteiger partial charge is 0.396 e. The van der Waals surface area contributed by atoms with Crippen molar-refractivity contribution in [3.05, 3.63) is 34.9 Å². The summed E-state index contributed by atoms with van der Waals surface area (Å²) >= 11 is 6.00. The molecular weight excluding hydrogens is 270 g/mol. The van der Waals surface area contributed by atoms with Crippen molar-refractivity contribution in [3.8, 4) is 0 Å². The minimum absolute atomic E-state index is 0.366. The molecule has 0 amide bonds. The van der Waals surface area contributed by atoms with Gasteiger partial charge in [-0.2, -0.15) is 0 Å². The van der Waals surface area contributed by atoms with Crippen molar-refractivity contribution in [1.29, 1.82) is 0 Å². The summed E-state index contributed by atoms with van der Waals surface area (Å²) in [5, 5.41) is 10.5. The molecule has 110 valence electrons. The summed E-state index contributed by atoms with van der Waals surface area (Å²) in [5.41, 5.74) is 1.39. The third kappa shape index (κ3) is 2.74. The minimum atomic E-state index is 0.366. The molecule has 2 heterocycles. The Bertz CT molecular complexity index is 443. The molecule has 1 aromatic rings. The summed E-state index contributed by atoms with van der Waals surface area (Å²) < 4.78 is 1.20. The van der Waals surface area contributed by atoms with E-state index in [1.807, 2.05) is 12.1 Å². The van der Waals surface area contributed by atoms with Crippen LogP contribution in [0.1, 0.15) is 37.7 Å². The molecular formula is C17H25ClNO+. The number of aliphatic hydroxyl groups excluding tert-OH is 1. The molecule has 2 saturated heterocycles. The molecule has 1 unspecified atom stereocenters. The molecule has 0 bridgehead atoms. The van der Waals surface area contributed by atoms with Crippen LogP contribution in [0, 0.1) is 5.92 Å². The van der Waals surface area contributed by atoms with E-state index in [0.29, 0.717) is 18.6 Å². The molecule has 0 aromatic heterocycles. The van der Waals surface area contributed by atoms with Crippen molar-refractivity contribution >= 4 is 11.6 Å². The Balaban J connectivity index is 1.84. The smallest absolute Gasteiger partial charge is 0.105 e.